The third-order valence-electron chi connectivity index (χ3n) is 2.47. The van der Waals surface area contributed by atoms with Crippen LogP contribution in [-0.2, 0) is 0 Å². The average molecular weight is 303 g/mol. The lowest BCUT2D eigenvalue weighted by molar-refractivity contribution is 0.327. The Morgan fingerprint density at radius 1 is 1.29 bits per heavy atom. The van der Waals surface area contributed by atoms with Crippen molar-refractivity contribution in [2.75, 3.05) is 0 Å². The third kappa shape index (κ3) is 2.70. The van der Waals surface area contributed by atoms with Gasteiger partial charge >= 0.3 is 0 Å². The van der Waals surface area contributed by atoms with Crippen molar-refractivity contribution in [2.45, 2.75) is 33.7 Å². The minimum atomic E-state index is 0.109. The SMILES string of the molecule is Cc1cc([C@@H](N)C(C)(C)C)ccc1I. The molecule has 1 aromatic carbocycles. The highest BCUT2D eigenvalue weighted by Crippen LogP contribution is 2.31. The van der Waals surface area contributed by atoms with Crippen molar-refractivity contribution in [1.29, 1.82) is 0 Å². The molecule has 0 heterocycles. The van der Waals surface area contributed by atoms with Gasteiger partial charge in [0.2, 0.25) is 0 Å². The van der Waals surface area contributed by atoms with Gasteiger partial charge in [0.25, 0.3) is 0 Å². The topological polar surface area (TPSA) is 26.0 Å². The van der Waals surface area contributed by atoms with Gasteiger partial charge in [0.1, 0.15) is 0 Å². The number of aryl methyl sites for hydroxylation is 1. The molecule has 2 N–H and O–H groups in total. The number of benzene rings is 1. The van der Waals surface area contributed by atoms with E-state index in [1.54, 1.807) is 0 Å². The van der Waals surface area contributed by atoms with Gasteiger partial charge in [-0.15, -0.1) is 0 Å². The molecule has 0 fully saturated rings. The molecule has 0 unspecified atom stereocenters. The number of hydrogen-bond acceptors (Lipinski definition) is 1. The molecule has 0 saturated heterocycles. The van der Waals surface area contributed by atoms with E-state index >= 15 is 0 Å². The van der Waals surface area contributed by atoms with Crippen molar-refractivity contribution in [1.82, 2.24) is 0 Å². The molecule has 0 aliphatic heterocycles. The van der Waals surface area contributed by atoms with Crippen molar-refractivity contribution in [3.05, 3.63) is 32.9 Å². The Labute approximate surface area is 100 Å². The van der Waals surface area contributed by atoms with E-state index in [-0.39, 0.29) is 11.5 Å². The molecule has 0 spiro atoms. The van der Waals surface area contributed by atoms with E-state index in [4.69, 9.17) is 5.73 Å². The van der Waals surface area contributed by atoms with Crippen LogP contribution < -0.4 is 5.73 Å². The average Bonchev–Trinajstić information content (AvgIpc) is 2.07. The first kappa shape index (κ1) is 12.0. The predicted molar refractivity (Wildman–Crippen MR) is 70.3 cm³/mol. The summed E-state index contributed by atoms with van der Waals surface area (Å²) in [5.41, 5.74) is 8.85. The lowest BCUT2D eigenvalue weighted by atomic mass is 9.83. The predicted octanol–water partition coefficient (Wildman–Crippen LogP) is 3.65. The maximum absolute atomic E-state index is 6.19. The highest BCUT2D eigenvalue weighted by atomic mass is 127. The molecule has 2 heteroatoms. The molecule has 0 aliphatic rings. The second-order valence-corrected chi connectivity index (χ2v) is 6.01. The number of hydrogen-bond donors (Lipinski definition) is 1. The summed E-state index contributed by atoms with van der Waals surface area (Å²) in [4.78, 5) is 0. The Morgan fingerprint density at radius 3 is 2.29 bits per heavy atom. The fourth-order valence-electron chi connectivity index (χ4n) is 1.36. The molecule has 1 nitrogen and oxygen atoms in total. The van der Waals surface area contributed by atoms with E-state index in [9.17, 15) is 0 Å². The number of nitrogens with two attached hydrogens (primary N) is 1. The second kappa shape index (κ2) is 4.19. The summed E-state index contributed by atoms with van der Waals surface area (Å²) in [6.45, 7) is 8.64. The minimum Gasteiger partial charge on any atom is -0.324 e. The molecular formula is C12H18IN. The molecule has 0 aromatic heterocycles. The van der Waals surface area contributed by atoms with Gasteiger partial charge in [0, 0.05) is 9.61 Å². The van der Waals surface area contributed by atoms with Crippen LogP contribution >= 0.6 is 22.6 Å². The largest absolute Gasteiger partial charge is 0.324 e. The van der Waals surface area contributed by atoms with Crippen LogP contribution in [0.2, 0.25) is 0 Å². The maximum Gasteiger partial charge on any atom is 0.0344 e. The van der Waals surface area contributed by atoms with E-state index < -0.39 is 0 Å². The number of halogens is 1. The normalized spacial score (nSPS) is 14.1. The summed E-state index contributed by atoms with van der Waals surface area (Å²) in [5.74, 6) is 0. The van der Waals surface area contributed by atoms with Crippen LogP contribution in [0, 0.1) is 15.9 Å². The molecule has 1 atom stereocenters. The molecule has 0 radical (unpaired) electrons. The van der Waals surface area contributed by atoms with Gasteiger partial charge in [-0.05, 0) is 52.1 Å². The van der Waals surface area contributed by atoms with E-state index in [0.29, 0.717) is 0 Å². The van der Waals surface area contributed by atoms with Crippen LogP contribution in [0.25, 0.3) is 0 Å². The second-order valence-electron chi connectivity index (χ2n) is 4.85. The zero-order valence-corrected chi connectivity index (χ0v) is 11.4. The van der Waals surface area contributed by atoms with Crippen molar-refractivity contribution < 1.29 is 0 Å². The first-order chi connectivity index (χ1) is 6.32. The lowest BCUT2D eigenvalue weighted by Crippen LogP contribution is -2.26. The van der Waals surface area contributed by atoms with Gasteiger partial charge in [-0.2, -0.15) is 0 Å². The Kier molecular flexibility index (Phi) is 3.58. The Hall–Kier alpha value is -0.0900. The lowest BCUT2D eigenvalue weighted by Gasteiger charge is -2.27. The Morgan fingerprint density at radius 2 is 1.86 bits per heavy atom. The van der Waals surface area contributed by atoms with Crippen LogP contribution in [0.15, 0.2) is 18.2 Å². The quantitative estimate of drug-likeness (QED) is 0.788. The molecule has 0 bridgehead atoms. The third-order valence-corrected chi connectivity index (χ3v) is 3.68. The fourth-order valence-corrected chi connectivity index (χ4v) is 1.70. The summed E-state index contributed by atoms with van der Waals surface area (Å²) >= 11 is 2.34. The van der Waals surface area contributed by atoms with E-state index in [1.807, 2.05) is 0 Å². The van der Waals surface area contributed by atoms with Gasteiger partial charge in [-0.25, -0.2) is 0 Å². The smallest absolute Gasteiger partial charge is 0.0344 e. The highest BCUT2D eigenvalue weighted by Gasteiger charge is 2.22. The summed E-state index contributed by atoms with van der Waals surface area (Å²) in [7, 11) is 0. The molecule has 1 aromatic rings. The van der Waals surface area contributed by atoms with Crippen LogP contribution in [0.3, 0.4) is 0 Å². The molecule has 0 saturated carbocycles. The molecule has 0 amide bonds. The standard InChI is InChI=1S/C12H18IN/c1-8-7-9(5-6-10(8)13)11(14)12(2,3)4/h5-7,11H,14H2,1-4H3/t11-/m1/s1. The van der Waals surface area contributed by atoms with Crippen LogP contribution in [-0.4, -0.2) is 0 Å². The maximum atomic E-state index is 6.19. The summed E-state index contributed by atoms with van der Waals surface area (Å²) in [5, 5.41) is 0. The van der Waals surface area contributed by atoms with Gasteiger partial charge in [0.15, 0.2) is 0 Å². The molecule has 78 valence electrons. The highest BCUT2D eigenvalue weighted by molar-refractivity contribution is 14.1. The Balaban J connectivity index is 3.03. The fraction of sp³-hybridized carbons (Fsp3) is 0.500. The van der Waals surface area contributed by atoms with Gasteiger partial charge in [-0.1, -0.05) is 32.9 Å². The zero-order chi connectivity index (χ0) is 10.9. The van der Waals surface area contributed by atoms with E-state index in [2.05, 4.69) is 68.5 Å². The van der Waals surface area contributed by atoms with Crippen molar-refractivity contribution >= 4 is 22.6 Å². The number of rotatable bonds is 1. The van der Waals surface area contributed by atoms with Crippen molar-refractivity contribution in [3.63, 3.8) is 0 Å². The van der Waals surface area contributed by atoms with Gasteiger partial charge in [-0.3, -0.25) is 0 Å². The molecule has 0 aliphatic carbocycles. The van der Waals surface area contributed by atoms with Crippen LogP contribution in [0.4, 0.5) is 0 Å². The van der Waals surface area contributed by atoms with Gasteiger partial charge in [0.05, 0.1) is 0 Å². The first-order valence-electron chi connectivity index (χ1n) is 4.84. The van der Waals surface area contributed by atoms with Gasteiger partial charge < -0.3 is 5.73 Å². The van der Waals surface area contributed by atoms with Crippen LogP contribution in [0.5, 0.6) is 0 Å². The molecule has 14 heavy (non-hydrogen) atoms. The zero-order valence-electron chi connectivity index (χ0n) is 9.26. The monoisotopic (exact) mass is 303 g/mol. The van der Waals surface area contributed by atoms with E-state index in [0.717, 1.165) is 0 Å². The van der Waals surface area contributed by atoms with Crippen molar-refractivity contribution in [2.24, 2.45) is 11.1 Å². The summed E-state index contributed by atoms with van der Waals surface area (Å²) < 4.78 is 1.30. The van der Waals surface area contributed by atoms with E-state index in [1.165, 1.54) is 14.7 Å². The summed E-state index contributed by atoms with van der Waals surface area (Å²) in [6, 6.07) is 6.57. The van der Waals surface area contributed by atoms with Crippen LogP contribution in [0.1, 0.15) is 37.9 Å². The first-order valence-corrected chi connectivity index (χ1v) is 5.92. The molecule has 1 rings (SSSR count). The molecular weight excluding hydrogens is 285 g/mol. The minimum absolute atomic E-state index is 0.109. The Bertz CT molecular complexity index is 326. The summed E-state index contributed by atoms with van der Waals surface area (Å²) in [6.07, 6.45) is 0. The van der Waals surface area contributed by atoms with Crippen molar-refractivity contribution in [3.8, 4) is 0 Å².